The van der Waals surface area contributed by atoms with Crippen molar-refractivity contribution >= 4 is 47.5 Å². The fraction of sp³-hybridized carbons (Fsp3) is 0.583. The number of fused-ring (bicyclic) bond motifs is 5. The molecule has 67 heavy (non-hydrogen) atoms. The lowest BCUT2D eigenvalue weighted by molar-refractivity contribution is -0.350. The fourth-order valence-electron chi connectivity index (χ4n) is 10.5. The molecule has 2 aromatic rings. The van der Waals surface area contributed by atoms with Crippen LogP contribution in [0, 0.1) is 28.6 Å². The molecule has 12 atom stereocenters. The highest BCUT2D eigenvalue weighted by molar-refractivity contribution is 6.40. The number of hydrogen-bond acceptors (Lipinski definition) is 18. The Balaban J connectivity index is 1.49. The second-order valence-electron chi connectivity index (χ2n) is 19.6. The summed E-state index contributed by atoms with van der Waals surface area (Å²) in [7, 11) is 0. The normalized spacial score (nSPS) is 31.6. The Morgan fingerprint density at radius 3 is 2.13 bits per heavy atom. The van der Waals surface area contributed by atoms with Crippen molar-refractivity contribution in [3.05, 3.63) is 71.8 Å². The Morgan fingerprint density at radius 2 is 1.57 bits per heavy atom. The number of rotatable bonds is 13. The van der Waals surface area contributed by atoms with Crippen LogP contribution in [0.15, 0.2) is 60.7 Å². The first kappa shape index (κ1) is 50.6. The molecule has 1 aliphatic heterocycles. The second kappa shape index (κ2) is 19.1. The van der Waals surface area contributed by atoms with Crippen LogP contribution in [0.5, 0.6) is 0 Å². The van der Waals surface area contributed by atoms with Gasteiger partial charge in [-0.2, -0.15) is 0 Å². The molecular formula is C48H60N2O17. The van der Waals surface area contributed by atoms with Crippen molar-refractivity contribution in [2.45, 2.75) is 128 Å². The van der Waals surface area contributed by atoms with Gasteiger partial charge < -0.3 is 54.4 Å². The van der Waals surface area contributed by atoms with Crippen LogP contribution in [-0.4, -0.2) is 125 Å². The predicted molar refractivity (Wildman–Crippen MR) is 231 cm³/mol. The molecule has 19 nitrogen and oxygen atoms in total. The molecule has 2 bridgehead atoms. The molecule has 1 amide bonds. The molecule has 0 aromatic heterocycles. The number of benzene rings is 2. The lowest BCUT2D eigenvalue weighted by Crippen LogP contribution is -2.82. The SMILES string of the molecule is CC(=O)O[C@@]12CO[C@@H]1C[C@H](O)[C@@]1(C)C(=O)C(=O)C3C(C)[C@@H](OC(=O)[C@H](OC(=O)COC(=O)CCN)[C@@H](NC(=O)OC(C)(C)C)c4ccccc4)C[C@@](O)([C@@H](OC(=O)c4ccccc4)[C@H]21)C3(C)C. The van der Waals surface area contributed by atoms with E-state index < -0.39 is 142 Å². The van der Waals surface area contributed by atoms with Gasteiger partial charge in [0.2, 0.25) is 17.7 Å². The molecule has 3 aliphatic carbocycles. The predicted octanol–water partition coefficient (Wildman–Crippen LogP) is 2.85. The third-order valence-corrected chi connectivity index (χ3v) is 13.8. The molecular weight excluding hydrogens is 877 g/mol. The Kier molecular flexibility index (Phi) is 14.4. The van der Waals surface area contributed by atoms with E-state index in [0.29, 0.717) is 0 Å². The number of Topliss-reactive ketones (excluding diaryl/α,β-unsaturated/α-hetero) is 2. The summed E-state index contributed by atoms with van der Waals surface area (Å²) >= 11 is 0. The summed E-state index contributed by atoms with van der Waals surface area (Å²) in [6.45, 7) is 10.3. The molecule has 4 fully saturated rings. The van der Waals surface area contributed by atoms with Gasteiger partial charge in [0.05, 0.1) is 36.0 Å². The molecule has 2 aromatic carbocycles. The number of ether oxygens (including phenoxy) is 7. The first-order chi connectivity index (χ1) is 31.3. The van der Waals surface area contributed by atoms with E-state index in [4.69, 9.17) is 38.9 Å². The molecule has 3 saturated carbocycles. The quantitative estimate of drug-likeness (QED) is 0.128. The molecule has 0 spiro atoms. The van der Waals surface area contributed by atoms with Crippen molar-refractivity contribution in [3.63, 3.8) is 0 Å². The minimum atomic E-state index is -2.47. The molecule has 6 rings (SSSR count). The van der Waals surface area contributed by atoms with Crippen molar-refractivity contribution in [3.8, 4) is 0 Å². The lowest BCUT2D eigenvalue weighted by Gasteiger charge is -2.67. The fourth-order valence-corrected chi connectivity index (χ4v) is 10.5. The van der Waals surface area contributed by atoms with E-state index in [9.17, 15) is 39.0 Å². The number of alkyl carbamates (subject to hydrolysis) is 1. The van der Waals surface area contributed by atoms with E-state index >= 15 is 9.59 Å². The number of aliphatic hydroxyl groups excluding tert-OH is 1. The number of nitrogens with one attached hydrogen (secondary N) is 1. The first-order valence-corrected chi connectivity index (χ1v) is 22.2. The molecule has 364 valence electrons. The zero-order valence-corrected chi connectivity index (χ0v) is 38.8. The monoisotopic (exact) mass is 936 g/mol. The van der Waals surface area contributed by atoms with Crippen molar-refractivity contribution in [1.82, 2.24) is 5.32 Å². The van der Waals surface area contributed by atoms with E-state index in [1.54, 1.807) is 57.2 Å². The largest absolute Gasteiger partial charge is 0.459 e. The standard InChI is InChI=1S/C48H60N2O17/c1-25-29(63-42(58)37(64-33(54)23-61-32(53)19-20-49)35(27-15-11-9-12-16-27)50-43(59)67-44(3,4)5)22-48(60)40(65-41(57)28-17-13-10-14-18-28)38-46(8,39(56)36(55)34(25)45(48,6)7)30(52)21-31-47(38,24-62-31)66-26(2)51/h9-18,25,29-31,34-35,37-38,40,52,60H,19-24,49H2,1-8H3,(H,50,59)/t25?,29-,30-,31+,34?,35-,37+,38-,40-,46+,47-,48+/m0/s1. The number of hydrogen-bond donors (Lipinski definition) is 4. The van der Waals surface area contributed by atoms with Gasteiger partial charge in [-0.3, -0.25) is 19.2 Å². The third-order valence-electron chi connectivity index (χ3n) is 13.8. The Labute approximate surface area is 387 Å². The maximum absolute atomic E-state index is 15.1. The van der Waals surface area contributed by atoms with Crippen molar-refractivity contribution in [2.75, 3.05) is 19.8 Å². The van der Waals surface area contributed by atoms with Crippen LogP contribution in [-0.2, 0) is 61.9 Å². The minimum absolute atomic E-state index is 0.0286. The molecule has 0 radical (unpaired) electrons. The third kappa shape index (κ3) is 9.55. The number of carbonyl (C=O) groups is 8. The smallest absolute Gasteiger partial charge is 0.408 e. The molecule has 5 N–H and O–H groups in total. The van der Waals surface area contributed by atoms with Crippen molar-refractivity contribution in [1.29, 1.82) is 0 Å². The van der Waals surface area contributed by atoms with Crippen molar-refractivity contribution < 1.29 is 81.7 Å². The summed E-state index contributed by atoms with van der Waals surface area (Å²) in [5.41, 5.74) is -3.49. The summed E-state index contributed by atoms with van der Waals surface area (Å²) in [6, 6.07) is 14.0. The summed E-state index contributed by atoms with van der Waals surface area (Å²) in [6.07, 6.45) is -10.4. The van der Waals surface area contributed by atoms with Crippen LogP contribution < -0.4 is 11.1 Å². The minimum Gasteiger partial charge on any atom is -0.459 e. The van der Waals surface area contributed by atoms with Gasteiger partial charge in [0.15, 0.2) is 12.2 Å². The van der Waals surface area contributed by atoms with E-state index in [1.165, 1.54) is 52.0 Å². The van der Waals surface area contributed by atoms with Gasteiger partial charge in [0.25, 0.3) is 0 Å². The van der Waals surface area contributed by atoms with Gasteiger partial charge in [-0.05, 0) is 45.4 Å². The van der Waals surface area contributed by atoms with Crippen LogP contribution in [0.1, 0.15) is 96.6 Å². The molecule has 1 heterocycles. The number of ketones is 2. The Hall–Kier alpha value is -5.76. The average molecular weight is 937 g/mol. The highest BCUT2D eigenvalue weighted by atomic mass is 16.6. The zero-order chi connectivity index (χ0) is 49.4. The van der Waals surface area contributed by atoms with Gasteiger partial charge in [-0.25, -0.2) is 19.2 Å². The summed E-state index contributed by atoms with van der Waals surface area (Å²) in [5.74, 6) is -11.6. The maximum atomic E-state index is 15.1. The summed E-state index contributed by atoms with van der Waals surface area (Å²) in [5, 5.41) is 28.2. The van der Waals surface area contributed by atoms with Gasteiger partial charge in [-0.1, -0.05) is 69.3 Å². The summed E-state index contributed by atoms with van der Waals surface area (Å²) < 4.78 is 40.6. The van der Waals surface area contributed by atoms with Gasteiger partial charge in [-0.15, -0.1) is 0 Å². The van der Waals surface area contributed by atoms with Gasteiger partial charge in [0, 0.05) is 43.6 Å². The lowest BCUT2D eigenvalue weighted by atomic mass is 9.42. The van der Waals surface area contributed by atoms with Gasteiger partial charge >= 0.3 is 35.9 Å². The molecule has 2 unspecified atom stereocenters. The average Bonchev–Trinajstić information content (AvgIpc) is 3.25. The Bertz CT molecular complexity index is 2250. The number of nitrogens with two attached hydrogens (primary N) is 1. The highest BCUT2D eigenvalue weighted by Gasteiger charge is 2.79. The molecule has 19 heteroatoms. The Morgan fingerprint density at radius 1 is 0.940 bits per heavy atom. The first-order valence-electron chi connectivity index (χ1n) is 22.2. The van der Waals surface area contributed by atoms with Crippen LogP contribution in [0.2, 0.25) is 0 Å². The highest BCUT2D eigenvalue weighted by Crippen LogP contribution is 2.64. The van der Waals surface area contributed by atoms with Crippen LogP contribution in [0.3, 0.4) is 0 Å². The van der Waals surface area contributed by atoms with Crippen LogP contribution >= 0.6 is 0 Å². The van der Waals surface area contributed by atoms with Crippen LogP contribution in [0.4, 0.5) is 4.79 Å². The topological polar surface area (TPSA) is 280 Å². The number of amides is 1. The molecule has 4 aliphatic rings. The number of carbonyl (C=O) groups excluding carboxylic acids is 8. The van der Waals surface area contributed by atoms with Crippen molar-refractivity contribution in [2.24, 2.45) is 34.3 Å². The van der Waals surface area contributed by atoms with E-state index in [0.717, 1.165) is 6.92 Å². The summed E-state index contributed by atoms with van der Waals surface area (Å²) in [4.78, 5) is 111. The maximum Gasteiger partial charge on any atom is 0.408 e. The zero-order valence-electron chi connectivity index (χ0n) is 38.8. The number of esters is 5. The van der Waals surface area contributed by atoms with E-state index in [1.807, 2.05) is 0 Å². The number of aliphatic hydroxyl groups is 2. The van der Waals surface area contributed by atoms with E-state index in [-0.39, 0.29) is 37.1 Å². The second-order valence-corrected chi connectivity index (χ2v) is 19.6. The van der Waals surface area contributed by atoms with E-state index in [2.05, 4.69) is 5.32 Å². The molecule has 1 saturated heterocycles. The van der Waals surface area contributed by atoms with Gasteiger partial charge in [0.1, 0.15) is 35.6 Å². The van der Waals surface area contributed by atoms with Crippen LogP contribution in [0.25, 0.3) is 0 Å².